The summed E-state index contributed by atoms with van der Waals surface area (Å²) in [5.41, 5.74) is 0.799. The van der Waals surface area contributed by atoms with Crippen molar-refractivity contribution in [2.45, 2.75) is 13.8 Å². The largest absolute Gasteiger partial charge is 0.411 e. The zero-order valence-corrected chi connectivity index (χ0v) is 7.99. The topological polar surface area (TPSA) is 115 Å². The highest BCUT2D eigenvalue weighted by atomic mass is 16.6. The summed E-state index contributed by atoms with van der Waals surface area (Å²) in [6, 6.07) is 0. The third kappa shape index (κ3) is 1.54. The highest BCUT2D eigenvalue weighted by Crippen LogP contribution is 2.04. The maximum atomic E-state index is 8.51. The van der Waals surface area contributed by atoms with Crippen molar-refractivity contribution in [1.29, 1.82) is 0 Å². The maximum absolute atomic E-state index is 8.51. The lowest BCUT2D eigenvalue weighted by Gasteiger charge is -1.89. The van der Waals surface area contributed by atoms with Gasteiger partial charge in [-0.05, 0) is 24.2 Å². The minimum atomic E-state index is 0.208. The summed E-state index contributed by atoms with van der Waals surface area (Å²) in [6.07, 6.45) is 0. The number of aromatic nitrogens is 6. The summed E-state index contributed by atoms with van der Waals surface area (Å²) < 4.78 is 4.49. The van der Waals surface area contributed by atoms with E-state index in [0.717, 1.165) is 4.80 Å². The molecular formula is C6H7N7O2. The van der Waals surface area contributed by atoms with Crippen LogP contribution in [0.5, 0.6) is 0 Å². The van der Waals surface area contributed by atoms with E-state index in [4.69, 9.17) is 5.21 Å². The Morgan fingerprint density at radius 2 is 2.27 bits per heavy atom. The maximum Gasteiger partial charge on any atom is 0.242 e. The molecule has 0 radical (unpaired) electrons. The van der Waals surface area contributed by atoms with Gasteiger partial charge in [0.05, 0.1) is 0 Å². The SMILES string of the molecule is C/C(=N/O)c1nnn(-c2nonc2C)n1. The van der Waals surface area contributed by atoms with Crippen molar-refractivity contribution in [3.63, 3.8) is 0 Å². The highest BCUT2D eigenvalue weighted by molar-refractivity contribution is 5.94. The number of hydrogen-bond donors (Lipinski definition) is 1. The van der Waals surface area contributed by atoms with Gasteiger partial charge in [0, 0.05) is 0 Å². The van der Waals surface area contributed by atoms with Crippen LogP contribution in [0.1, 0.15) is 18.4 Å². The Balaban J connectivity index is 2.40. The fraction of sp³-hybridized carbons (Fsp3) is 0.333. The van der Waals surface area contributed by atoms with Crippen molar-refractivity contribution in [2.75, 3.05) is 0 Å². The summed E-state index contributed by atoms with van der Waals surface area (Å²) in [5.74, 6) is 0.555. The van der Waals surface area contributed by atoms with Crippen molar-refractivity contribution in [1.82, 2.24) is 30.5 Å². The van der Waals surface area contributed by atoms with Crippen LogP contribution in [0.15, 0.2) is 9.78 Å². The predicted octanol–water partition coefficient (Wildman–Crippen LogP) is -0.448. The lowest BCUT2D eigenvalue weighted by Crippen LogP contribution is -2.03. The van der Waals surface area contributed by atoms with Crippen molar-refractivity contribution in [2.24, 2.45) is 5.16 Å². The van der Waals surface area contributed by atoms with Gasteiger partial charge in [0.25, 0.3) is 0 Å². The molecule has 0 aliphatic heterocycles. The Kier molecular flexibility index (Phi) is 2.12. The Hall–Kier alpha value is -2.32. The molecule has 0 aromatic carbocycles. The second-order valence-electron chi connectivity index (χ2n) is 2.76. The standard InChI is InChI=1S/C6H7N7O2/c1-3(9-14)5-7-12-13(8-5)6-4(2)10-15-11-6/h14H,1-2H3/b9-3-. The quantitative estimate of drug-likeness (QED) is 0.404. The molecule has 1 N–H and O–H groups in total. The van der Waals surface area contributed by atoms with E-state index in [-0.39, 0.29) is 11.5 Å². The summed E-state index contributed by atoms with van der Waals surface area (Å²) in [5, 5.41) is 29.9. The van der Waals surface area contributed by atoms with Crippen LogP contribution in [-0.2, 0) is 0 Å². The number of hydrogen-bond acceptors (Lipinski definition) is 8. The van der Waals surface area contributed by atoms with Crippen LogP contribution in [-0.4, -0.2) is 41.4 Å². The normalized spacial score (nSPS) is 12.0. The molecule has 0 aliphatic rings. The number of tetrazole rings is 1. The molecule has 0 atom stereocenters. The molecule has 0 bridgehead atoms. The molecule has 2 rings (SSSR count). The molecule has 0 amide bonds. The fourth-order valence-corrected chi connectivity index (χ4v) is 0.902. The highest BCUT2D eigenvalue weighted by Gasteiger charge is 2.13. The minimum Gasteiger partial charge on any atom is -0.411 e. The smallest absolute Gasteiger partial charge is 0.242 e. The Morgan fingerprint density at radius 1 is 1.47 bits per heavy atom. The van der Waals surface area contributed by atoms with Crippen LogP contribution in [0, 0.1) is 6.92 Å². The van der Waals surface area contributed by atoms with Gasteiger partial charge >= 0.3 is 0 Å². The van der Waals surface area contributed by atoms with Crippen molar-refractivity contribution < 1.29 is 9.84 Å². The van der Waals surface area contributed by atoms with E-state index in [9.17, 15) is 0 Å². The third-order valence-corrected chi connectivity index (χ3v) is 1.71. The average Bonchev–Trinajstić information content (AvgIpc) is 2.84. The minimum absolute atomic E-state index is 0.208. The first-order valence-corrected chi connectivity index (χ1v) is 4.01. The third-order valence-electron chi connectivity index (χ3n) is 1.71. The van der Waals surface area contributed by atoms with Gasteiger partial charge in [-0.15, -0.1) is 15.0 Å². The molecule has 9 nitrogen and oxygen atoms in total. The molecule has 9 heteroatoms. The van der Waals surface area contributed by atoms with Gasteiger partial charge < -0.3 is 5.21 Å². The van der Waals surface area contributed by atoms with Crippen LogP contribution >= 0.6 is 0 Å². The van der Waals surface area contributed by atoms with Gasteiger partial charge in [-0.1, -0.05) is 10.3 Å². The van der Waals surface area contributed by atoms with Crippen LogP contribution in [0.4, 0.5) is 0 Å². The Labute approximate surface area is 83.3 Å². The number of nitrogens with zero attached hydrogens (tertiary/aromatic N) is 7. The van der Waals surface area contributed by atoms with E-state index in [1.165, 1.54) is 0 Å². The van der Waals surface area contributed by atoms with Crippen molar-refractivity contribution in [3.8, 4) is 5.82 Å². The number of aryl methyl sites for hydroxylation is 1. The van der Waals surface area contributed by atoms with Crippen molar-refractivity contribution >= 4 is 5.71 Å². The second kappa shape index (κ2) is 3.44. The molecule has 15 heavy (non-hydrogen) atoms. The van der Waals surface area contributed by atoms with Crippen LogP contribution < -0.4 is 0 Å². The van der Waals surface area contributed by atoms with Crippen LogP contribution in [0.25, 0.3) is 5.82 Å². The van der Waals surface area contributed by atoms with Gasteiger partial charge in [0.2, 0.25) is 11.6 Å². The molecular weight excluding hydrogens is 202 g/mol. The lowest BCUT2D eigenvalue weighted by atomic mass is 10.4. The molecule has 2 aromatic heterocycles. The van der Waals surface area contributed by atoms with Crippen LogP contribution in [0.3, 0.4) is 0 Å². The van der Waals surface area contributed by atoms with Gasteiger partial charge in [0.15, 0.2) is 0 Å². The van der Waals surface area contributed by atoms with E-state index in [1.54, 1.807) is 13.8 Å². The molecule has 0 saturated carbocycles. The second-order valence-corrected chi connectivity index (χ2v) is 2.76. The first-order valence-electron chi connectivity index (χ1n) is 4.01. The lowest BCUT2D eigenvalue weighted by molar-refractivity contribution is 0.302. The molecule has 0 aliphatic carbocycles. The first kappa shape index (κ1) is 9.24. The monoisotopic (exact) mass is 209 g/mol. The first-order chi connectivity index (χ1) is 7.22. The van der Waals surface area contributed by atoms with E-state index in [1.807, 2.05) is 0 Å². The summed E-state index contributed by atoms with van der Waals surface area (Å²) >= 11 is 0. The van der Waals surface area contributed by atoms with Gasteiger partial charge in [0.1, 0.15) is 11.4 Å². The molecule has 0 unspecified atom stereocenters. The van der Waals surface area contributed by atoms with Gasteiger partial charge in [-0.25, -0.2) is 4.63 Å². The summed E-state index contributed by atoms with van der Waals surface area (Å²) in [6.45, 7) is 3.25. The molecule has 78 valence electrons. The number of oxime groups is 1. The average molecular weight is 209 g/mol. The molecule has 2 aromatic rings. The molecule has 0 spiro atoms. The molecule has 2 heterocycles. The molecule has 0 fully saturated rings. The van der Waals surface area contributed by atoms with Crippen LogP contribution in [0.2, 0.25) is 0 Å². The summed E-state index contributed by atoms with van der Waals surface area (Å²) in [7, 11) is 0. The zero-order chi connectivity index (χ0) is 10.8. The van der Waals surface area contributed by atoms with E-state index < -0.39 is 0 Å². The molecule has 0 saturated heterocycles. The van der Waals surface area contributed by atoms with E-state index in [2.05, 4.69) is 35.5 Å². The van der Waals surface area contributed by atoms with Crippen molar-refractivity contribution in [3.05, 3.63) is 11.5 Å². The predicted molar refractivity (Wildman–Crippen MR) is 45.7 cm³/mol. The summed E-state index contributed by atoms with van der Waals surface area (Å²) in [4.78, 5) is 1.15. The Morgan fingerprint density at radius 3 is 2.87 bits per heavy atom. The van der Waals surface area contributed by atoms with E-state index in [0.29, 0.717) is 11.5 Å². The Bertz CT molecular complexity index is 499. The fourth-order valence-electron chi connectivity index (χ4n) is 0.902. The van der Waals surface area contributed by atoms with Gasteiger partial charge in [-0.3, -0.25) is 0 Å². The zero-order valence-electron chi connectivity index (χ0n) is 7.99. The van der Waals surface area contributed by atoms with Gasteiger partial charge in [-0.2, -0.15) is 0 Å². The number of rotatable bonds is 2. The van der Waals surface area contributed by atoms with E-state index >= 15 is 0 Å².